The number of primary sulfonamides is 1. The van der Waals surface area contributed by atoms with E-state index in [1.807, 2.05) is 0 Å². The topological polar surface area (TPSA) is 106 Å². The number of sulfonamides is 2. The quantitative estimate of drug-likeness (QED) is 0.710. The molecular formula is C16H19FN2O4S2. The smallest absolute Gasteiger partial charge is 0.225 e. The van der Waals surface area contributed by atoms with Crippen molar-refractivity contribution in [1.82, 2.24) is 4.72 Å². The number of nitrogens with two attached hydrogens (primary N) is 1. The zero-order chi connectivity index (χ0) is 18.5. The highest BCUT2D eigenvalue weighted by Gasteiger charge is 2.12. The summed E-state index contributed by atoms with van der Waals surface area (Å²) in [5, 5.41) is 5.01. The summed E-state index contributed by atoms with van der Waals surface area (Å²) in [7, 11) is -7.27. The molecule has 0 aliphatic heterocycles. The fourth-order valence-electron chi connectivity index (χ4n) is 2.21. The molecule has 136 valence electrons. The molecule has 25 heavy (non-hydrogen) atoms. The third-order valence-corrected chi connectivity index (χ3v) is 5.90. The molecule has 0 unspecified atom stereocenters. The lowest BCUT2D eigenvalue weighted by Gasteiger charge is -2.08. The van der Waals surface area contributed by atoms with Crippen LogP contribution in [0.3, 0.4) is 0 Å². The summed E-state index contributed by atoms with van der Waals surface area (Å²) in [6.07, 6.45) is 0.481. The van der Waals surface area contributed by atoms with Crippen LogP contribution in [0.25, 0.3) is 0 Å². The lowest BCUT2D eigenvalue weighted by Crippen LogP contribution is -2.29. The summed E-state index contributed by atoms with van der Waals surface area (Å²) < 4.78 is 62.2. The van der Waals surface area contributed by atoms with Crippen LogP contribution in [-0.2, 0) is 32.9 Å². The molecule has 0 fully saturated rings. The molecule has 0 saturated heterocycles. The Hall–Kier alpha value is -1.81. The third-order valence-electron chi connectivity index (χ3n) is 3.59. The van der Waals surface area contributed by atoms with Crippen LogP contribution >= 0.6 is 0 Å². The van der Waals surface area contributed by atoms with Gasteiger partial charge in [0.2, 0.25) is 20.0 Å². The van der Waals surface area contributed by atoms with Crippen molar-refractivity contribution in [3.63, 3.8) is 0 Å². The Morgan fingerprint density at radius 1 is 0.920 bits per heavy atom. The minimum atomic E-state index is -3.74. The molecule has 0 aromatic heterocycles. The first-order valence-electron chi connectivity index (χ1n) is 7.50. The van der Waals surface area contributed by atoms with Crippen molar-refractivity contribution in [2.45, 2.75) is 17.7 Å². The number of halogens is 1. The first-order valence-corrected chi connectivity index (χ1v) is 10.7. The molecule has 0 radical (unpaired) electrons. The molecule has 6 nitrogen and oxygen atoms in total. The molecule has 0 aliphatic carbocycles. The zero-order valence-electron chi connectivity index (χ0n) is 13.4. The van der Waals surface area contributed by atoms with Gasteiger partial charge in [-0.15, -0.1) is 0 Å². The monoisotopic (exact) mass is 386 g/mol. The van der Waals surface area contributed by atoms with Gasteiger partial charge in [0.15, 0.2) is 0 Å². The van der Waals surface area contributed by atoms with Crippen molar-refractivity contribution in [2.75, 3.05) is 12.3 Å². The Morgan fingerprint density at radius 2 is 1.56 bits per heavy atom. The van der Waals surface area contributed by atoms with Crippen molar-refractivity contribution < 1.29 is 21.2 Å². The van der Waals surface area contributed by atoms with Gasteiger partial charge in [-0.25, -0.2) is 31.1 Å². The summed E-state index contributed by atoms with van der Waals surface area (Å²) in [6, 6.07) is 11.9. The molecular weight excluding hydrogens is 367 g/mol. The largest absolute Gasteiger partial charge is 0.238 e. The van der Waals surface area contributed by atoms with E-state index in [2.05, 4.69) is 4.72 Å². The van der Waals surface area contributed by atoms with Crippen LogP contribution in [0.4, 0.5) is 4.39 Å². The maximum atomic E-state index is 13.5. The fourth-order valence-corrected chi connectivity index (χ4v) is 3.78. The maximum absolute atomic E-state index is 13.5. The summed E-state index contributed by atoms with van der Waals surface area (Å²) in [6.45, 7) is 0.161. The van der Waals surface area contributed by atoms with Gasteiger partial charge in [0.05, 0.1) is 10.6 Å². The van der Waals surface area contributed by atoms with Gasteiger partial charge in [0, 0.05) is 6.54 Å². The van der Waals surface area contributed by atoms with E-state index in [0.717, 1.165) is 5.56 Å². The van der Waals surface area contributed by atoms with Crippen LogP contribution in [0.1, 0.15) is 11.1 Å². The molecule has 0 spiro atoms. The predicted octanol–water partition coefficient (Wildman–Crippen LogP) is 1.18. The number of aryl methyl sites for hydroxylation is 1. The second-order valence-electron chi connectivity index (χ2n) is 5.49. The van der Waals surface area contributed by atoms with Gasteiger partial charge in [-0.1, -0.05) is 30.3 Å². The molecule has 0 amide bonds. The Morgan fingerprint density at radius 3 is 2.16 bits per heavy atom. The SMILES string of the molecule is NS(=O)(=O)c1ccc(CCNS(=O)(=O)CCc2ccccc2F)cc1. The highest BCUT2D eigenvalue weighted by Crippen LogP contribution is 2.10. The molecule has 0 heterocycles. The second-order valence-corrected chi connectivity index (χ2v) is 8.98. The molecule has 9 heteroatoms. The van der Waals surface area contributed by atoms with Crippen LogP contribution in [-0.4, -0.2) is 29.1 Å². The van der Waals surface area contributed by atoms with E-state index in [0.29, 0.717) is 12.0 Å². The highest BCUT2D eigenvalue weighted by molar-refractivity contribution is 7.89. The van der Waals surface area contributed by atoms with E-state index in [9.17, 15) is 21.2 Å². The number of hydrogen-bond donors (Lipinski definition) is 2. The number of nitrogens with one attached hydrogen (secondary N) is 1. The van der Waals surface area contributed by atoms with E-state index < -0.39 is 25.9 Å². The first kappa shape index (κ1) is 19.5. The lowest BCUT2D eigenvalue weighted by atomic mass is 10.2. The van der Waals surface area contributed by atoms with Gasteiger partial charge in [-0.2, -0.15) is 0 Å². The maximum Gasteiger partial charge on any atom is 0.238 e. The molecule has 3 N–H and O–H groups in total. The lowest BCUT2D eigenvalue weighted by molar-refractivity contribution is 0.578. The minimum absolute atomic E-state index is 0.00159. The first-order chi connectivity index (χ1) is 11.7. The summed E-state index contributed by atoms with van der Waals surface area (Å²) in [5.74, 6) is -0.634. The Kier molecular flexibility index (Phi) is 6.28. The Labute approximate surface area is 147 Å². The number of benzene rings is 2. The van der Waals surface area contributed by atoms with Gasteiger partial charge in [0.1, 0.15) is 5.82 Å². The number of hydrogen-bond acceptors (Lipinski definition) is 4. The molecule has 0 bridgehead atoms. The van der Waals surface area contributed by atoms with Crippen LogP contribution in [0, 0.1) is 5.82 Å². The summed E-state index contributed by atoms with van der Waals surface area (Å²) in [4.78, 5) is 0.00159. The molecule has 2 rings (SSSR count). The molecule has 0 saturated carbocycles. The van der Waals surface area contributed by atoms with Crippen LogP contribution in [0.5, 0.6) is 0 Å². The van der Waals surface area contributed by atoms with Crippen LogP contribution in [0.15, 0.2) is 53.4 Å². The van der Waals surface area contributed by atoms with Crippen molar-refractivity contribution in [1.29, 1.82) is 0 Å². The van der Waals surface area contributed by atoms with Crippen molar-refractivity contribution in [2.24, 2.45) is 5.14 Å². The average molecular weight is 386 g/mol. The van der Waals surface area contributed by atoms with Gasteiger partial charge < -0.3 is 0 Å². The van der Waals surface area contributed by atoms with E-state index in [4.69, 9.17) is 5.14 Å². The van der Waals surface area contributed by atoms with Crippen molar-refractivity contribution in [3.8, 4) is 0 Å². The molecule has 0 aliphatic rings. The van der Waals surface area contributed by atoms with Crippen LogP contribution in [0.2, 0.25) is 0 Å². The van der Waals surface area contributed by atoms with E-state index >= 15 is 0 Å². The molecule has 2 aromatic carbocycles. The second kappa shape index (κ2) is 8.05. The number of rotatable bonds is 8. The highest BCUT2D eigenvalue weighted by atomic mass is 32.2. The standard InChI is InChI=1S/C16H19FN2O4S2/c17-16-4-2-1-3-14(16)10-12-24(20,21)19-11-9-13-5-7-15(8-6-13)25(18,22)23/h1-8,19H,9-12H2,(H2,18,22,23). The minimum Gasteiger partial charge on any atom is -0.225 e. The van der Waals surface area contributed by atoms with E-state index in [1.54, 1.807) is 30.3 Å². The van der Waals surface area contributed by atoms with Gasteiger partial charge >= 0.3 is 0 Å². The summed E-state index contributed by atoms with van der Waals surface area (Å²) in [5.41, 5.74) is 1.12. The Balaban J connectivity index is 1.85. The van der Waals surface area contributed by atoms with Gasteiger partial charge in [0.25, 0.3) is 0 Å². The molecule has 0 atom stereocenters. The third kappa shape index (κ3) is 6.20. The van der Waals surface area contributed by atoms with Crippen LogP contribution < -0.4 is 9.86 Å². The fraction of sp³-hybridized carbons (Fsp3) is 0.250. The Bertz CT molecular complexity index is 927. The average Bonchev–Trinajstić information content (AvgIpc) is 2.54. The van der Waals surface area contributed by atoms with Gasteiger partial charge in [-0.05, 0) is 42.2 Å². The van der Waals surface area contributed by atoms with Crippen molar-refractivity contribution >= 4 is 20.0 Å². The zero-order valence-corrected chi connectivity index (χ0v) is 15.0. The van der Waals surface area contributed by atoms with Gasteiger partial charge in [-0.3, -0.25) is 0 Å². The summed E-state index contributed by atoms with van der Waals surface area (Å²) >= 11 is 0. The van der Waals surface area contributed by atoms with E-state index in [-0.39, 0.29) is 23.6 Å². The predicted molar refractivity (Wildman–Crippen MR) is 93.4 cm³/mol. The molecule has 2 aromatic rings. The van der Waals surface area contributed by atoms with Crippen molar-refractivity contribution in [3.05, 3.63) is 65.5 Å². The normalized spacial score (nSPS) is 12.2. The van der Waals surface area contributed by atoms with E-state index in [1.165, 1.54) is 18.2 Å².